The highest BCUT2D eigenvalue weighted by Gasteiger charge is 2.19. The molecule has 0 spiro atoms. The van der Waals surface area contributed by atoms with Crippen LogP contribution in [-0.2, 0) is 13.0 Å². The molecular weight excluding hydrogens is 238 g/mol. The molecule has 5 heteroatoms. The van der Waals surface area contributed by atoms with Gasteiger partial charge in [-0.1, -0.05) is 20.8 Å². The van der Waals surface area contributed by atoms with Crippen LogP contribution in [0.25, 0.3) is 0 Å². The monoisotopic (exact) mass is 263 g/mol. The third-order valence-electron chi connectivity index (χ3n) is 3.11. The smallest absolute Gasteiger partial charge is 0.227 e. The lowest BCUT2D eigenvalue weighted by molar-refractivity contribution is 0.442. The first-order valence-electron chi connectivity index (χ1n) is 6.88. The number of hydrogen-bond donors (Lipinski definition) is 2. The summed E-state index contributed by atoms with van der Waals surface area (Å²) in [5.74, 6) is 1.77. The van der Waals surface area contributed by atoms with Gasteiger partial charge in [-0.25, -0.2) is 4.98 Å². The first kappa shape index (κ1) is 14.1. The van der Waals surface area contributed by atoms with Gasteiger partial charge in [0.2, 0.25) is 5.95 Å². The Balaban J connectivity index is 2.31. The Hall–Kier alpha value is -1.36. The van der Waals surface area contributed by atoms with Gasteiger partial charge in [0.05, 0.1) is 5.69 Å². The lowest BCUT2D eigenvalue weighted by atomic mass is 9.97. The lowest BCUT2D eigenvalue weighted by Crippen LogP contribution is -2.29. The predicted molar refractivity (Wildman–Crippen MR) is 79.7 cm³/mol. The summed E-state index contributed by atoms with van der Waals surface area (Å²) in [6.45, 7) is 9.42. The van der Waals surface area contributed by atoms with E-state index in [1.165, 1.54) is 11.3 Å². The molecule has 0 unspecified atom stereocenters. The molecule has 2 rings (SSSR count). The van der Waals surface area contributed by atoms with Crippen molar-refractivity contribution in [3.05, 3.63) is 11.3 Å². The van der Waals surface area contributed by atoms with Crippen LogP contribution < -0.4 is 15.5 Å². The van der Waals surface area contributed by atoms with Crippen LogP contribution in [0.4, 0.5) is 11.8 Å². The van der Waals surface area contributed by atoms with E-state index in [-0.39, 0.29) is 5.41 Å². The van der Waals surface area contributed by atoms with E-state index in [1.54, 1.807) is 0 Å². The Bertz CT molecular complexity index is 448. The maximum atomic E-state index is 4.65. The number of nitrogens with one attached hydrogen (secondary N) is 2. The molecule has 1 aliphatic rings. The highest BCUT2D eigenvalue weighted by molar-refractivity contribution is 5.52. The third-order valence-corrected chi connectivity index (χ3v) is 3.11. The number of fused-ring (bicyclic) bond motifs is 1. The summed E-state index contributed by atoms with van der Waals surface area (Å²) in [5.41, 5.74) is 2.63. The van der Waals surface area contributed by atoms with E-state index >= 15 is 0 Å². The number of rotatable bonds is 3. The fraction of sp³-hybridized carbons (Fsp3) is 0.714. The second kappa shape index (κ2) is 5.33. The van der Waals surface area contributed by atoms with E-state index in [9.17, 15) is 0 Å². The topological polar surface area (TPSA) is 53.1 Å². The zero-order chi connectivity index (χ0) is 14.0. The van der Waals surface area contributed by atoms with Crippen molar-refractivity contribution in [2.75, 3.05) is 37.4 Å². The van der Waals surface area contributed by atoms with E-state index in [4.69, 9.17) is 0 Å². The molecule has 0 saturated carbocycles. The molecule has 0 saturated heterocycles. The Labute approximate surface area is 115 Å². The molecule has 0 aliphatic carbocycles. The minimum atomic E-state index is 0.234. The standard InChI is InChI=1S/C14H25N5/c1-14(2,3)9-16-12-10-8-15-7-6-11(10)17-13(18-12)19(4)5/h15H,6-9H2,1-5H3,(H,16,17,18). The van der Waals surface area contributed by atoms with E-state index in [1.807, 2.05) is 19.0 Å². The second-order valence-corrected chi connectivity index (χ2v) is 6.53. The highest BCUT2D eigenvalue weighted by atomic mass is 15.2. The van der Waals surface area contributed by atoms with Crippen LogP contribution in [0.2, 0.25) is 0 Å². The summed E-state index contributed by atoms with van der Waals surface area (Å²) in [4.78, 5) is 11.3. The maximum Gasteiger partial charge on any atom is 0.227 e. The molecule has 5 nitrogen and oxygen atoms in total. The van der Waals surface area contributed by atoms with Crippen LogP contribution in [0.3, 0.4) is 0 Å². The van der Waals surface area contributed by atoms with Gasteiger partial charge in [-0.15, -0.1) is 0 Å². The van der Waals surface area contributed by atoms with Gasteiger partial charge in [0.15, 0.2) is 0 Å². The van der Waals surface area contributed by atoms with Crippen molar-refractivity contribution in [2.24, 2.45) is 5.41 Å². The Morgan fingerprint density at radius 3 is 2.63 bits per heavy atom. The molecule has 19 heavy (non-hydrogen) atoms. The number of aromatic nitrogens is 2. The van der Waals surface area contributed by atoms with Crippen molar-refractivity contribution in [1.82, 2.24) is 15.3 Å². The van der Waals surface area contributed by atoms with Crippen LogP contribution in [0.1, 0.15) is 32.0 Å². The SMILES string of the molecule is CN(C)c1nc2c(c(NCC(C)(C)C)n1)CNCC2. The van der Waals surface area contributed by atoms with E-state index in [0.717, 1.165) is 37.8 Å². The predicted octanol–water partition coefficient (Wildman–Crippen LogP) is 1.65. The average Bonchev–Trinajstić information content (AvgIpc) is 2.34. The fourth-order valence-corrected chi connectivity index (χ4v) is 2.03. The molecule has 1 aromatic rings. The first-order valence-corrected chi connectivity index (χ1v) is 6.88. The van der Waals surface area contributed by atoms with Crippen molar-refractivity contribution >= 4 is 11.8 Å². The molecule has 0 radical (unpaired) electrons. The van der Waals surface area contributed by atoms with E-state index in [2.05, 4.69) is 41.4 Å². The Kier molecular flexibility index (Phi) is 3.94. The fourth-order valence-electron chi connectivity index (χ4n) is 2.03. The summed E-state index contributed by atoms with van der Waals surface area (Å²) in [5, 5.41) is 6.88. The highest BCUT2D eigenvalue weighted by Crippen LogP contribution is 2.24. The molecule has 1 aromatic heterocycles. The van der Waals surface area contributed by atoms with Crippen LogP contribution in [0, 0.1) is 5.41 Å². The Morgan fingerprint density at radius 1 is 1.26 bits per heavy atom. The normalized spacial score (nSPS) is 15.0. The molecule has 0 aromatic carbocycles. The summed E-state index contributed by atoms with van der Waals surface area (Å²) in [6.07, 6.45) is 0.975. The number of anilines is 2. The zero-order valence-corrected chi connectivity index (χ0v) is 12.7. The van der Waals surface area contributed by atoms with Crippen molar-refractivity contribution in [3.63, 3.8) is 0 Å². The molecule has 2 N–H and O–H groups in total. The van der Waals surface area contributed by atoms with Crippen molar-refractivity contribution in [2.45, 2.75) is 33.7 Å². The zero-order valence-electron chi connectivity index (χ0n) is 12.7. The van der Waals surface area contributed by atoms with Gasteiger partial charge in [-0.05, 0) is 5.41 Å². The van der Waals surface area contributed by atoms with Crippen LogP contribution >= 0.6 is 0 Å². The molecule has 0 bridgehead atoms. The van der Waals surface area contributed by atoms with Crippen LogP contribution in [0.15, 0.2) is 0 Å². The van der Waals surface area contributed by atoms with Gasteiger partial charge in [0.1, 0.15) is 5.82 Å². The second-order valence-electron chi connectivity index (χ2n) is 6.53. The summed E-state index contributed by atoms with van der Waals surface area (Å²) < 4.78 is 0. The van der Waals surface area contributed by atoms with Crippen LogP contribution in [-0.4, -0.2) is 37.2 Å². The Morgan fingerprint density at radius 2 is 2.00 bits per heavy atom. The largest absolute Gasteiger partial charge is 0.369 e. The van der Waals surface area contributed by atoms with E-state index in [0.29, 0.717) is 0 Å². The molecule has 1 aliphatic heterocycles. The van der Waals surface area contributed by atoms with Crippen molar-refractivity contribution in [3.8, 4) is 0 Å². The summed E-state index contributed by atoms with van der Waals surface area (Å²) >= 11 is 0. The van der Waals surface area contributed by atoms with Crippen LogP contribution in [0.5, 0.6) is 0 Å². The van der Waals surface area contributed by atoms with Crippen molar-refractivity contribution in [1.29, 1.82) is 0 Å². The molecule has 0 amide bonds. The number of hydrogen-bond acceptors (Lipinski definition) is 5. The quantitative estimate of drug-likeness (QED) is 0.868. The summed E-state index contributed by atoms with van der Waals surface area (Å²) in [6, 6.07) is 0. The van der Waals surface area contributed by atoms with Gasteiger partial charge >= 0.3 is 0 Å². The van der Waals surface area contributed by atoms with Gasteiger partial charge in [0.25, 0.3) is 0 Å². The van der Waals surface area contributed by atoms with Gasteiger partial charge < -0.3 is 15.5 Å². The van der Waals surface area contributed by atoms with E-state index < -0.39 is 0 Å². The minimum Gasteiger partial charge on any atom is -0.369 e. The van der Waals surface area contributed by atoms with Gasteiger partial charge in [0, 0.05) is 45.7 Å². The molecule has 2 heterocycles. The maximum absolute atomic E-state index is 4.65. The van der Waals surface area contributed by atoms with Crippen molar-refractivity contribution < 1.29 is 0 Å². The first-order chi connectivity index (χ1) is 8.87. The summed E-state index contributed by atoms with van der Waals surface area (Å²) in [7, 11) is 3.96. The lowest BCUT2D eigenvalue weighted by Gasteiger charge is -2.25. The minimum absolute atomic E-state index is 0.234. The van der Waals surface area contributed by atoms with Gasteiger partial charge in [-0.3, -0.25) is 0 Å². The molecule has 0 fully saturated rings. The molecule has 106 valence electrons. The number of nitrogens with zero attached hydrogens (tertiary/aromatic N) is 3. The molecule has 0 atom stereocenters. The third kappa shape index (κ3) is 3.56. The average molecular weight is 263 g/mol. The molecular formula is C14H25N5. The van der Waals surface area contributed by atoms with Gasteiger partial charge in [-0.2, -0.15) is 4.98 Å².